The van der Waals surface area contributed by atoms with Gasteiger partial charge in [-0.25, -0.2) is 0 Å². The molecule has 0 saturated heterocycles. The number of hydrogen-bond donors (Lipinski definition) is 1. The Bertz CT molecular complexity index is 416. The summed E-state index contributed by atoms with van der Waals surface area (Å²) in [6.45, 7) is 0.988. The van der Waals surface area contributed by atoms with Crippen LogP contribution in [0.15, 0.2) is 24.3 Å². The summed E-state index contributed by atoms with van der Waals surface area (Å²) in [5.41, 5.74) is 6.66. The fourth-order valence-corrected chi connectivity index (χ4v) is 3.98. The highest BCUT2D eigenvalue weighted by Gasteiger charge is 2.19. The Labute approximate surface area is 118 Å². The molecule has 2 rings (SSSR count). The molecule has 1 aliphatic carbocycles. The van der Waals surface area contributed by atoms with Crippen molar-refractivity contribution in [3.63, 3.8) is 0 Å². The molecule has 0 amide bonds. The highest BCUT2D eigenvalue weighted by molar-refractivity contribution is 7.85. The Morgan fingerprint density at radius 2 is 1.95 bits per heavy atom. The van der Waals surface area contributed by atoms with Crippen molar-refractivity contribution in [2.24, 2.45) is 5.73 Å². The first kappa shape index (κ1) is 14.5. The van der Waals surface area contributed by atoms with Crippen molar-refractivity contribution in [2.45, 2.75) is 43.9 Å². The van der Waals surface area contributed by atoms with Gasteiger partial charge in [-0.1, -0.05) is 37.5 Å². The van der Waals surface area contributed by atoms with Crippen LogP contribution in [0.2, 0.25) is 0 Å². The molecule has 0 heterocycles. The fourth-order valence-electron chi connectivity index (χ4n) is 2.54. The zero-order valence-electron chi connectivity index (χ0n) is 11.3. The third-order valence-electron chi connectivity index (χ3n) is 3.66. The van der Waals surface area contributed by atoms with Crippen LogP contribution in [0.4, 0.5) is 0 Å². The van der Waals surface area contributed by atoms with Gasteiger partial charge in [-0.15, -0.1) is 0 Å². The van der Waals surface area contributed by atoms with Crippen LogP contribution < -0.4 is 10.5 Å². The summed E-state index contributed by atoms with van der Waals surface area (Å²) in [5, 5.41) is 0.391. The van der Waals surface area contributed by atoms with Gasteiger partial charge >= 0.3 is 0 Å². The first-order chi connectivity index (χ1) is 9.31. The molecule has 19 heavy (non-hydrogen) atoms. The molecule has 0 bridgehead atoms. The van der Waals surface area contributed by atoms with Gasteiger partial charge in [0.1, 0.15) is 5.75 Å². The van der Waals surface area contributed by atoms with Crippen LogP contribution in [0.5, 0.6) is 5.75 Å². The number of nitrogens with two attached hydrogens (primary N) is 1. The van der Waals surface area contributed by atoms with Crippen LogP contribution in [0.1, 0.15) is 37.7 Å². The minimum Gasteiger partial charge on any atom is -0.492 e. The lowest BCUT2D eigenvalue weighted by Gasteiger charge is -2.21. The Morgan fingerprint density at radius 3 is 2.68 bits per heavy atom. The van der Waals surface area contributed by atoms with Gasteiger partial charge in [-0.3, -0.25) is 4.21 Å². The van der Waals surface area contributed by atoms with Crippen LogP contribution in [0.3, 0.4) is 0 Å². The van der Waals surface area contributed by atoms with Crippen LogP contribution in [0, 0.1) is 0 Å². The molecule has 0 aromatic heterocycles. The first-order valence-electron chi connectivity index (χ1n) is 7.09. The second-order valence-electron chi connectivity index (χ2n) is 5.01. The predicted molar refractivity (Wildman–Crippen MR) is 79.7 cm³/mol. The Morgan fingerprint density at radius 1 is 1.21 bits per heavy atom. The average Bonchev–Trinajstić information content (AvgIpc) is 2.48. The average molecular weight is 281 g/mol. The fraction of sp³-hybridized carbons (Fsp3) is 0.600. The van der Waals surface area contributed by atoms with Crippen LogP contribution >= 0.6 is 0 Å². The van der Waals surface area contributed by atoms with Gasteiger partial charge < -0.3 is 10.5 Å². The van der Waals surface area contributed by atoms with Crippen molar-refractivity contribution in [2.75, 3.05) is 12.4 Å². The van der Waals surface area contributed by atoms with Gasteiger partial charge in [-0.2, -0.15) is 0 Å². The molecule has 1 aromatic carbocycles. The molecule has 106 valence electrons. The van der Waals surface area contributed by atoms with Gasteiger partial charge in [-0.05, 0) is 18.9 Å². The van der Waals surface area contributed by atoms with Gasteiger partial charge in [0.15, 0.2) is 0 Å². The van der Waals surface area contributed by atoms with E-state index in [9.17, 15) is 4.21 Å². The van der Waals surface area contributed by atoms with Crippen molar-refractivity contribution >= 4 is 10.8 Å². The van der Waals surface area contributed by atoms with E-state index in [2.05, 4.69) is 0 Å². The molecule has 1 fully saturated rings. The number of para-hydroxylation sites is 1. The van der Waals surface area contributed by atoms with E-state index >= 15 is 0 Å². The van der Waals surface area contributed by atoms with E-state index in [0.29, 0.717) is 24.2 Å². The SMILES string of the molecule is NCc1ccccc1OCCS(=O)C1CCCCC1. The maximum absolute atomic E-state index is 12.1. The lowest BCUT2D eigenvalue weighted by molar-refractivity contribution is 0.338. The zero-order valence-corrected chi connectivity index (χ0v) is 12.2. The van der Waals surface area contributed by atoms with Crippen LogP contribution in [-0.4, -0.2) is 21.8 Å². The lowest BCUT2D eigenvalue weighted by Crippen LogP contribution is -2.23. The molecule has 1 unspecified atom stereocenters. The van der Waals surface area contributed by atoms with Crippen molar-refractivity contribution in [3.8, 4) is 5.75 Å². The van der Waals surface area contributed by atoms with Crippen molar-refractivity contribution < 1.29 is 8.95 Å². The number of benzene rings is 1. The molecule has 1 aliphatic rings. The lowest BCUT2D eigenvalue weighted by atomic mass is 10.0. The van der Waals surface area contributed by atoms with Gasteiger partial charge in [0.25, 0.3) is 0 Å². The predicted octanol–water partition coefficient (Wildman–Crippen LogP) is 2.61. The summed E-state index contributed by atoms with van der Waals surface area (Å²) >= 11 is 0. The molecular formula is C15H23NO2S. The largest absolute Gasteiger partial charge is 0.492 e. The van der Waals surface area contributed by atoms with E-state index in [4.69, 9.17) is 10.5 Å². The summed E-state index contributed by atoms with van der Waals surface area (Å²) in [6, 6.07) is 7.78. The Balaban J connectivity index is 1.78. The van der Waals surface area contributed by atoms with Gasteiger partial charge in [0, 0.05) is 28.2 Å². The molecular weight excluding hydrogens is 258 g/mol. The monoisotopic (exact) mass is 281 g/mol. The molecule has 3 nitrogen and oxygen atoms in total. The van der Waals surface area contributed by atoms with E-state index in [1.807, 2.05) is 24.3 Å². The summed E-state index contributed by atoms with van der Waals surface area (Å²) in [7, 11) is -0.745. The second kappa shape index (κ2) is 7.65. The quantitative estimate of drug-likeness (QED) is 0.872. The maximum Gasteiger partial charge on any atom is 0.123 e. The minimum atomic E-state index is -0.745. The van der Waals surface area contributed by atoms with Crippen molar-refractivity contribution in [1.29, 1.82) is 0 Å². The topological polar surface area (TPSA) is 52.3 Å². The normalized spacial score (nSPS) is 18.2. The minimum absolute atomic E-state index is 0.391. The van der Waals surface area contributed by atoms with Crippen LogP contribution in [0.25, 0.3) is 0 Å². The summed E-state index contributed by atoms with van der Waals surface area (Å²) in [4.78, 5) is 0. The molecule has 4 heteroatoms. The van der Waals surface area contributed by atoms with Gasteiger partial charge in [0.05, 0.1) is 12.4 Å². The second-order valence-corrected chi connectivity index (χ2v) is 6.84. The molecule has 0 radical (unpaired) electrons. The Hall–Kier alpha value is -0.870. The van der Waals surface area contributed by atoms with Gasteiger partial charge in [0.2, 0.25) is 0 Å². The Kier molecular flexibility index (Phi) is 5.86. The number of rotatable bonds is 6. The molecule has 1 aromatic rings. The molecule has 1 atom stereocenters. The summed E-state index contributed by atoms with van der Waals surface area (Å²) in [6.07, 6.45) is 5.99. The third-order valence-corrected chi connectivity index (χ3v) is 5.44. The first-order valence-corrected chi connectivity index (χ1v) is 8.47. The summed E-state index contributed by atoms with van der Waals surface area (Å²) in [5.74, 6) is 1.45. The standard InChI is InChI=1S/C15H23NO2S/c16-12-13-6-4-5-9-15(13)18-10-11-19(17)14-7-2-1-3-8-14/h4-6,9,14H,1-3,7-8,10-12,16H2. The van der Waals surface area contributed by atoms with E-state index in [0.717, 1.165) is 24.2 Å². The van der Waals surface area contributed by atoms with Crippen LogP contribution in [-0.2, 0) is 17.3 Å². The smallest absolute Gasteiger partial charge is 0.123 e. The van der Waals surface area contributed by atoms with Crippen molar-refractivity contribution in [3.05, 3.63) is 29.8 Å². The maximum atomic E-state index is 12.1. The number of ether oxygens (including phenoxy) is 1. The number of hydrogen-bond acceptors (Lipinski definition) is 3. The zero-order chi connectivity index (χ0) is 13.5. The molecule has 2 N–H and O–H groups in total. The van der Waals surface area contributed by atoms with E-state index in [-0.39, 0.29) is 0 Å². The van der Waals surface area contributed by atoms with E-state index < -0.39 is 10.8 Å². The summed E-state index contributed by atoms with van der Waals surface area (Å²) < 4.78 is 17.9. The van der Waals surface area contributed by atoms with Crippen molar-refractivity contribution in [1.82, 2.24) is 0 Å². The molecule has 1 saturated carbocycles. The highest BCUT2D eigenvalue weighted by Crippen LogP contribution is 2.22. The third kappa shape index (κ3) is 4.32. The van der Waals surface area contributed by atoms with E-state index in [1.54, 1.807) is 0 Å². The van der Waals surface area contributed by atoms with E-state index in [1.165, 1.54) is 19.3 Å². The molecule has 0 spiro atoms. The molecule has 0 aliphatic heterocycles. The highest BCUT2D eigenvalue weighted by atomic mass is 32.2.